The molecule has 69 heavy (non-hydrogen) atoms. The van der Waals surface area contributed by atoms with Crippen LogP contribution in [-0.2, 0) is 0 Å². The average molecular weight is 902 g/mol. The van der Waals surface area contributed by atoms with Crippen molar-refractivity contribution in [1.29, 1.82) is 0 Å². The van der Waals surface area contributed by atoms with Gasteiger partial charge in [0.05, 0.1) is 0 Å². The molecule has 9 aromatic carbocycles. The van der Waals surface area contributed by atoms with E-state index in [1.165, 1.54) is 138 Å². The molecule has 0 atom stereocenters. The Morgan fingerprint density at radius 1 is 0.406 bits per heavy atom. The fourth-order valence-electron chi connectivity index (χ4n) is 12.5. The summed E-state index contributed by atoms with van der Waals surface area (Å²) in [5.74, 6) is 2.21. The summed E-state index contributed by atoms with van der Waals surface area (Å²) < 4.78 is 0. The van der Waals surface area contributed by atoms with Crippen LogP contribution in [0.3, 0.4) is 0 Å². The van der Waals surface area contributed by atoms with Crippen LogP contribution in [0.25, 0.3) is 54.6 Å². The van der Waals surface area contributed by atoms with Crippen LogP contribution in [0.1, 0.15) is 169 Å². The number of hydrogen-bond donors (Lipinski definition) is 0. The molecular weight excluding hydrogens is 830 g/mol. The molecule has 2 heteroatoms. The first kappa shape index (κ1) is 46.6. The molecule has 0 N–H and O–H groups in total. The Kier molecular flexibility index (Phi) is 11.9. The van der Waals surface area contributed by atoms with Crippen LogP contribution in [0.4, 0.5) is 17.1 Å². The lowest BCUT2D eigenvalue weighted by Crippen LogP contribution is -2.59. The van der Waals surface area contributed by atoms with Crippen molar-refractivity contribution in [2.45, 2.75) is 139 Å². The van der Waals surface area contributed by atoms with Gasteiger partial charge in [0, 0.05) is 27.8 Å². The summed E-state index contributed by atoms with van der Waals surface area (Å²) in [6.45, 7) is 35.6. The summed E-state index contributed by atoms with van der Waals surface area (Å²) in [5, 5.41) is 8.02. The van der Waals surface area contributed by atoms with Gasteiger partial charge in [-0.1, -0.05) is 214 Å². The second kappa shape index (κ2) is 17.7. The number of anilines is 3. The third kappa shape index (κ3) is 7.51. The lowest BCUT2D eigenvalue weighted by molar-refractivity contribution is 0.807. The van der Waals surface area contributed by atoms with Crippen molar-refractivity contribution in [1.82, 2.24) is 0 Å². The van der Waals surface area contributed by atoms with E-state index in [-0.39, 0.29) is 6.71 Å². The van der Waals surface area contributed by atoms with Crippen molar-refractivity contribution < 1.29 is 0 Å². The third-order valence-corrected chi connectivity index (χ3v) is 15.8. The Hall–Kier alpha value is -6.12. The highest BCUT2D eigenvalue weighted by Gasteiger charge is 2.42. The Balaban J connectivity index is 1.49. The van der Waals surface area contributed by atoms with Gasteiger partial charge in [-0.25, -0.2) is 0 Å². The van der Waals surface area contributed by atoms with Gasteiger partial charge >= 0.3 is 0 Å². The zero-order chi connectivity index (χ0) is 48.9. The highest BCUT2D eigenvalue weighted by atomic mass is 15.2. The largest absolute Gasteiger partial charge is 0.311 e. The van der Waals surface area contributed by atoms with Gasteiger partial charge in [-0.3, -0.25) is 0 Å². The molecule has 10 rings (SSSR count). The molecule has 1 nitrogen and oxygen atoms in total. The van der Waals surface area contributed by atoms with Gasteiger partial charge in [0.2, 0.25) is 6.71 Å². The van der Waals surface area contributed by atoms with E-state index >= 15 is 0 Å². The molecule has 1 aliphatic heterocycles. The van der Waals surface area contributed by atoms with Crippen LogP contribution in [-0.4, -0.2) is 6.71 Å². The van der Waals surface area contributed by atoms with Crippen LogP contribution in [0.5, 0.6) is 0 Å². The number of rotatable bonds is 10. The molecule has 0 unspecified atom stereocenters. The Morgan fingerprint density at radius 2 is 0.899 bits per heavy atom. The van der Waals surface area contributed by atoms with Crippen LogP contribution in [0.15, 0.2) is 127 Å². The molecule has 348 valence electrons. The molecule has 0 radical (unpaired) electrons. The van der Waals surface area contributed by atoms with Crippen molar-refractivity contribution in [2.75, 3.05) is 4.90 Å². The fraction of sp³-hybridized carbons (Fsp3) is 0.313. The maximum Gasteiger partial charge on any atom is 0.248 e. The molecule has 9 aromatic rings. The van der Waals surface area contributed by atoms with E-state index in [9.17, 15) is 0 Å². The Labute approximate surface area is 414 Å². The lowest BCUT2D eigenvalue weighted by Gasteiger charge is -2.41. The lowest BCUT2D eigenvalue weighted by atomic mass is 9.32. The van der Waals surface area contributed by atoms with Crippen molar-refractivity contribution >= 4 is 72.5 Å². The minimum Gasteiger partial charge on any atom is -0.311 e. The van der Waals surface area contributed by atoms with Gasteiger partial charge in [0.15, 0.2) is 0 Å². The molecule has 1 heterocycles. The molecule has 1 aliphatic rings. The van der Waals surface area contributed by atoms with E-state index in [4.69, 9.17) is 0 Å². The highest BCUT2D eigenvalue weighted by molar-refractivity contribution is 6.99. The molecule has 0 fully saturated rings. The van der Waals surface area contributed by atoms with E-state index in [1.54, 1.807) is 0 Å². The predicted octanol–water partition coefficient (Wildman–Crippen LogP) is 17.9. The summed E-state index contributed by atoms with van der Waals surface area (Å²) in [7, 11) is 0. The molecular formula is C67H72BN. The van der Waals surface area contributed by atoms with Crippen molar-refractivity contribution in [3.8, 4) is 22.3 Å². The van der Waals surface area contributed by atoms with Crippen molar-refractivity contribution in [2.24, 2.45) is 0 Å². The van der Waals surface area contributed by atoms with Gasteiger partial charge < -0.3 is 4.90 Å². The monoisotopic (exact) mass is 902 g/mol. The normalized spacial score (nSPS) is 13.0. The average Bonchev–Trinajstić information content (AvgIpc) is 3.31. The molecule has 0 aliphatic carbocycles. The summed E-state index contributed by atoms with van der Waals surface area (Å²) in [6, 6.07) is 50.4. The van der Waals surface area contributed by atoms with Crippen LogP contribution < -0.4 is 21.3 Å². The number of benzene rings is 9. The minimum absolute atomic E-state index is 0.0179. The zero-order valence-corrected chi connectivity index (χ0v) is 44.1. The van der Waals surface area contributed by atoms with E-state index < -0.39 is 0 Å². The Morgan fingerprint density at radius 3 is 1.45 bits per heavy atom. The predicted molar refractivity (Wildman–Crippen MR) is 306 cm³/mol. The number of aryl methyl sites for hydroxylation is 3. The standard InChI is InChI=1S/C67H72BN/c1-37(2)47-33-54(39(5)6)61(55(34-47)40(7)8)51-27-25-46-26-28-52-62-53(30-29-50(51)60(46)62)67-66(64(52)63-56(41(9)10)35-48(38(3)4)36-57(63)42(11)12)68(65-44(14)31-43(13)32-45(65)15)58-23-19-20-24-59(58)69(67)49-21-17-16-18-22-49/h16-42H,1-15H3. The number of para-hydroxylation sites is 2. The summed E-state index contributed by atoms with van der Waals surface area (Å²) in [5.41, 5.74) is 26.1. The van der Waals surface area contributed by atoms with E-state index in [2.05, 4.69) is 236 Å². The van der Waals surface area contributed by atoms with Gasteiger partial charge in [-0.2, -0.15) is 0 Å². The van der Waals surface area contributed by atoms with E-state index in [0.717, 1.165) is 0 Å². The van der Waals surface area contributed by atoms with Crippen LogP contribution in [0, 0.1) is 20.8 Å². The van der Waals surface area contributed by atoms with Crippen molar-refractivity contribution in [3.63, 3.8) is 0 Å². The SMILES string of the molecule is Cc1cc(C)c(B2c3ccccc3N(c3ccccc3)c3c2c(-c2c(C(C)C)cc(C(C)C)cc2C(C)C)c2ccc4ccc(-c5c(C(C)C)cc(C(C)C)cc5C(C)C)c5ccc3c2c45)c(C)c1. The first-order chi connectivity index (χ1) is 33.0. The topological polar surface area (TPSA) is 3.24 Å². The first-order valence-electron chi connectivity index (χ1n) is 26.1. The smallest absolute Gasteiger partial charge is 0.248 e. The maximum absolute atomic E-state index is 2.64. The first-order valence-corrected chi connectivity index (χ1v) is 26.1. The van der Waals surface area contributed by atoms with Crippen LogP contribution in [0.2, 0.25) is 0 Å². The van der Waals surface area contributed by atoms with Crippen molar-refractivity contribution in [3.05, 3.63) is 177 Å². The Bertz CT molecular complexity index is 3350. The molecule has 0 saturated carbocycles. The number of hydrogen-bond acceptors (Lipinski definition) is 1. The third-order valence-electron chi connectivity index (χ3n) is 15.8. The number of nitrogens with zero attached hydrogens (tertiary/aromatic N) is 1. The second-order valence-electron chi connectivity index (χ2n) is 22.5. The second-order valence-corrected chi connectivity index (χ2v) is 22.5. The molecule has 0 amide bonds. The van der Waals surface area contributed by atoms with Gasteiger partial charge in [0.1, 0.15) is 0 Å². The van der Waals surface area contributed by atoms with Gasteiger partial charge in [0.25, 0.3) is 0 Å². The summed E-state index contributed by atoms with van der Waals surface area (Å²) in [6.07, 6.45) is 0. The van der Waals surface area contributed by atoms with E-state index in [1.807, 2.05) is 0 Å². The maximum atomic E-state index is 2.64. The molecule has 0 spiro atoms. The number of fused-ring (bicyclic) bond motifs is 3. The fourth-order valence-corrected chi connectivity index (χ4v) is 12.5. The molecule has 0 aromatic heterocycles. The quantitative estimate of drug-likeness (QED) is 0.0976. The minimum atomic E-state index is -0.0179. The van der Waals surface area contributed by atoms with E-state index in [0.29, 0.717) is 35.5 Å². The molecule has 0 bridgehead atoms. The van der Waals surface area contributed by atoms with Crippen LogP contribution >= 0.6 is 0 Å². The molecule has 0 saturated heterocycles. The van der Waals surface area contributed by atoms with Gasteiger partial charge in [-0.05, 0) is 163 Å². The zero-order valence-electron chi connectivity index (χ0n) is 44.1. The summed E-state index contributed by atoms with van der Waals surface area (Å²) >= 11 is 0. The summed E-state index contributed by atoms with van der Waals surface area (Å²) in [4.78, 5) is 2.64. The van der Waals surface area contributed by atoms with Gasteiger partial charge in [-0.15, -0.1) is 0 Å². The highest BCUT2D eigenvalue weighted by Crippen LogP contribution is 2.52.